The first-order chi connectivity index (χ1) is 9.49. The molecule has 0 aromatic heterocycles. The summed E-state index contributed by atoms with van der Waals surface area (Å²) in [6.07, 6.45) is 0.889. The maximum Gasteiger partial charge on any atom is 0.320 e. The lowest BCUT2D eigenvalue weighted by Crippen LogP contribution is -2.33. The second kappa shape index (κ2) is 7.97. The molecule has 2 N–H and O–H groups in total. The van der Waals surface area contributed by atoms with Crippen molar-refractivity contribution in [3.8, 4) is 11.5 Å². The Morgan fingerprint density at radius 2 is 2.15 bits per heavy atom. The number of aliphatic carboxylic acids is 1. The van der Waals surface area contributed by atoms with E-state index in [2.05, 4.69) is 5.32 Å². The Kier molecular flexibility index (Phi) is 6.61. The van der Waals surface area contributed by atoms with Crippen molar-refractivity contribution in [2.45, 2.75) is 32.9 Å². The molecule has 0 saturated heterocycles. The number of hydrogen-bond donors (Lipinski definition) is 2. The number of methoxy groups -OCH3 is 1. The molecule has 0 radical (unpaired) electrons. The first-order valence-electron chi connectivity index (χ1n) is 6.45. The van der Waals surface area contributed by atoms with Gasteiger partial charge in [-0.05, 0) is 25.0 Å². The molecule has 1 aromatic rings. The summed E-state index contributed by atoms with van der Waals surface area (Å²) in [4.78, 5) is 10.8. The van der Waals surface area contributed by atoms with Gasteiger partial charge in [-0.1, -0.05) is 18.5 Å². The molecule has 0 aliphatic heterocycles. The fourth-order valence-electron chi connectivity index (χ4n) is 1.55. The summed E-state index contributed by atoms with van der Waals surface area (Å²) in [5, 5.41) is 12.2. The SMILES string of the molecule is CCCOc1cc(Cl)c(CNC(C)C(=O)O)cc1OC. The molecule has 0 aliphatic rings. The van der Waals surface area contributed by atoms with E-state index in [1.54, 1.807) is 26.2 Å². The Balaban J connectivity index is 2.84. The lowest BCUT2D eigenvalue weighted by Gasteiger charge is -2.15. The van der Waals surface area contributed by atoms with Gasteiger partial charge >= 0.3 is 5.97 Å². The van der Waals surface area contributed by atoms with E-state index in [1.807, 2.05) is 6.92 Å². The molecule has 5 nitrogen and oxygen atoms in total. The van der Waals surface area contributed by atoms with Crippen molar-refractivity contribution < 1.29 is 19.4 Å². The van der Waals surface area contributed by atoms with Crippen molar-refractivity contribution in [1.29, 1.82) is 0 Å². The van der Waals surface area contributed by atoms with E-state index in [1.165, 1.54) is 0 Å². The predicted molar refractivity (Wildman–Crippen MR) is 77.7 cm³/mol. The summed E-state index contributed by atoms with van der Waals surface area (Å²) < 4.78 is 10.8. The lowest BCUT2D eigenvalue weighted by molar-refractivity contribution is -0.139. The van der Waals surface area contributed by atoms with Crippen LogP contribution in [-0.4, -0.2) is 30.8 Å². The van der Waals surface area contributed by atoms with Crippen molar-refractivity contribution >= 4 is 17.6 Å². The molecule has 20 heavy (non-hydrogen) atoms. The molecule has 0 amide bonds. The molecule has 1 atom stereocenters. The average Bonchev–Trinajstić information content (AvgIpc) is 2.43. The third kappa shape index (κ3) is 4.58. The van der Waals surface area contributed by atoms with Crippen LogP contribution in [0.1, 0.15) is 25.8 Å². The minimum atomic E-state index is -0.906. The molecule has 112 valence electrons. The largest absolute Gasteiger partial charge is 0.493 e. The number of carboxylic acids is 1. The van der Waals surface area contributed by atoms with E-state index < -0.39 is 12.0 Å². The zero-order valence-corrected chi connectivity index (χ0v) is 12.7. The molecule has 1 unspecified atom stereocenters. The van der Waals surface area contributed by atoms with Crippen molar-refractivity contribution in [3.05, 3.63) is 22.7 Å². The number of carboxylic acid groups (broad SMARTS) is 1. The van der Waals surface area contributed by atoms with Crippen molar-refractivity contribution in [2.24, 2.45) is 0 Å². The Morgan fingerprint density at radius 1 is 1.45 bits per heavy atom. The third-order valence-electron chi connectivity index (χ3n) is 2.76. The summed E-state index contributed by atoms with van der Waals surface area (Å²) in [5.41, 5.74) is 0.764. The number of halogens is 1. The maximum absolute atomic E-state index is 10.8. The summed E-state index contributed by atoms with van der Waals surface area (Å²) in [6.45, 7) is 4.52. The van der Waals surface area contributed by atoms with Crippen LogP contribution < -0.4 is 14.8 Å². The van der Waals surface area contributed by atoms with Crippen LogP contribution in [0.25, 0.3) is 0 Å². The van der Waals surface area contributed by atoms with Crippen LogP contribution in [0.4, 0.5) is 0 Å². The van der Waals surface area contributed by atoms with Crippen molar-refractivity contribution in [3.63, 3.8) is 0 Å². The van der Waals surface area contributed by atoms with Gasteiger partial charge in [-0.15, -0.1) is 0 Å². The molecule has 1 rings (SSSR count). The van der Waals surface area contributed by atoms with Gasteiger partial charge in [0.05, 0.1) is 13.7 Å². The Labute approximate surface area is 123 Å². The standard InChI is InChI=1S/C14H20ClNO4/c1-4-5-20-13-7-11(15)10(6-12(13)19-3)8-16-9(2)14(17)18/h6-7,9,16H,4-5,8H2,1-3H3,(H,17,18). The van der Waals surface area contributed by atoms with Crippen LogP contribution in [-0.2, 0) is 11.3 Å². The van der Waals surface area contributed by atoms with Gasteiger partial charge < -0.3 is 19.9 Å². The van der Waals surface area contributed by atoms with Gasteiger partial charge in [-0.2, -0.15) is 0 Å². The summed E-state index contributed by atoms with van der Waals surface area (Å²) >= 11 is 6.18. The summed E-state index contributed by atoms with van der Waals surface area (Å²) in [7, 11) is 1.55. The van der Waals surface area contributed by atoms with Gasteiger partial charge in [0.2, 0.25) is 0 Å². The van der Waals surface area contributed by atoms with Crippen LogP contribution in [0.5, 0.6) is 11.5 Å². The van der Waals surface area contributed by atoms with E-state index in [-0.39, 0.29) is 0 Å². The molecular formula is C14H20ClNO4. The minimum absolute atomic E-state index is 0.344. The number of rotatable bonds is 8. The topological polar surface area (TPSA) is 67.8 Å². The van der Waals surface area contributed by atoms with Crippen LogP contribution in [0, 0.1) is 0 Å². The highest BCUT2D eigenvalue weighted by molar-refractivity contribution is 6.31. The smallest absolute Gasteiger partial charge is 0.320 e. The third-order valence-corrected chi connectivity index (χ3v) is 3.12. The highest BCUT2D eigenvalue weighted by Crippen LogP contribution is 2.33. The van der Waals surface area contributed by atoms with Gasteiger partial charge in [0.1, 0.15) is 6.04 Å². The number of carbonyl (C=O) groups is 1. The van der Waals surface area contributed by atoms with Gasteiger partial charge in [0.15, 0.2) is 11.5 Å². The first kappa shape index (κ1) is 16.6. The van der Waals surface area contributed by atoms with Gasteiger partial charge in [0.25, 0.3) is 0 Å². The van der Waals surface area contributed by atoms with E-state index in [0.717, 1.165) is 12.0 Å². The van der Waals surface area contributed by atoms with Crippen LogP contribution in [0.3, 0.4) is 0 Å². The number of nitrogens with one attached hydrogen (secondary N) is 1. The highest BCUT2D eigenvalue weighted by atomic mass is 35.5. The normalized spacial score (nSPS) is 12.0. The molecular weight excluding hydrogens is 282 g/mol. The van der Waals surface area contributed by atoms with E-state index >= 15 is 0 Å². The number of ether oxygens (including phenoxy) is 2. The quantitative estimate of drug-likeness (QED) is 0.773. The molecule has 6 heteroatoms. The molecule has 1 aromatic carbocycles. The lowest BCUT2D eigenvalue weighted by atomic mass is 10.2. The Bertz CT molecular complexity index is 465. The van der Waals surface area contributed by atoms with E-state index in [4.69, 9.17) is 26.2 Å². The maximum atomic E-state index is 10.8. The molecule has 0 fully saturated rings. The second-order valence-corrected chi connectivity index (χ2v) is 4.79. The summed E-state index contributed by atoms with van der Waals surface area (Å²) in [6, 6.07) is 2.81. The zero-order valence-electron chi connectivity index (χ0n) is 11.9. The van der Waals surface area contributed by atoms with Crippen LogP contribution >= 0.6 is 11.6 Å². The first-order valence-corrected chi connectivity index (χ1v) is 6.82. The highest BCUT2D eigenvalue weighted by Gasteiger charge is 2.13. The Hall–Kier alpha value is -1.46. The predicted octanol–water partition coefficient (Wildman–Crippen LogP) is 2.70. The molecule has 0 bridgehead atoms. The average molecular weight is 302 g/mol. The minimum Gasteiger partial charge on any atom is -0.493 e. The van der Waals surface area contributed by atoms with E-state index in [0.29, 0.717) is 29.7 Å². The van der Waals surface area contributed by atoms with Crippen molar-refractivity contribution in [1.82, 2.24) is 5.32 Å². The Morgan fingerprint density at radius 3 is 2.70 bits per heavy atom. The van der Waals surface area contributed by atoms with Gasteiger partial charge in [-0.25, -0.2) is 0 Å². The fourth-order valence-corrected chi connectivity index (χ4v) is 1.77. The number of hydrogen-bond acceptors (Lipinski definition) is 4. The van der Waals surface area contributed by atoms with Gasteiger partial charge in [0, 0.05) is 17.6 Å². The van der Waals surface area contributed by atoms with Crippen LogP contribution in [0.15, 0.2) is 12.1 Å². The monoisotopic (exact) mass is 301 g/mol. The van der Waals surface area contributed by atoms with Gasteiger partial charge in [-0.3, -0.25) is 4.79 Å². The molecule has 0 saturated carbocycles. The second-order valence-electron chi connectivity index (χ2n) is 4.38. The van der Waals surface area contributed by atoms with E-state index in [9.17, 15) is 4.79 Å². The van der Waals surface area contributed by atoms with Crippen LogP contribution in [0.2, 0.25) is 5.02 Å². The molecule has 0 spiro atoms. The number of benzene rings is 1. The zero-order chi connectivity index (χ0) is 15.1. The fraction of sp³-hybridized carbons (Fsp3) is 0.500. The molecule has 0 heterocycles. The summed E-state index contributed by atoms with van der Waals surface area (Å²) in [5.74, 6) is 0.271. The van der Waals surface area contributed by atoms with Crippen molar-refractivity contribution in [2.75, 3.05) is 13.7 Å². The molecule has 0 aliphatic carbocycles.